The topological polar surface area (TPSA) is 35.2 Å². The van der Waals surface area contributed by atoms with Crippen LogP contribution < -0.4 is 10.5 Å². The molecule has 1 aromatic carbocycles. The molecule has 0 bridgehead atoms. The Balaban J connectivity index is 2.21. The maximum Gasteiger partial charge on any atom is 0.119 e. The molecule has 0 spiro atoms. The summed E-state index contributed by atoms with van der Waals surface area (Å²) in [4.78, 5) is 0. The molecule has 0 aliphatic heterocycles. The minimum absolute atomic E-state index is 0.702. The van der Waals surface area contributed by atoms with Gasteiger partial charge in [0.15, 0.2) is 0 Å². The first-order chi connectivity index (χ1) is 7.86. The van der Waals surface area contributed by atoms with Crippen molar-refractivity contribution in [3.8, 4) is 5.75 Å². The van der Waals surface area contributed by atoms with Gasteiger partial charge in [0.25, 0.3) is 0 Å². The lowest BCUT2D eigenvalue weighted by atomic mass is 10.1. The molecule has 0 fully saturated rings. The van der Waals surface area contributed by atoms with Gasteiger partial charge < -0.3 is 10.5 Å². The molecular formula is C13H21NOS. The van der Waals surface area contributed by atoms with Crippen molar-refractivity contribution in [1.29, 1.82) is 0 Å². The lowest BCUT2D eigenvalue weighted by Crippen LogP contribution is -2.03. The van der Waals surface area contributed by atoms with Crippen molar-refractivity contribution < 1.29 is 4.74 Å². The van der Waals surface area contributed by atoms with Gasteiger partial charge in [-0.25, -0.2) is 0 Å². The van der Waals surface area contributed by atoms with Crippen molar-refractivity contribution in [3.05, 3.63) is 29.8 Å². The fourth-order valence-corrected chi connectivity index (χ4v) is 2.08. The molecule has 0 atom stereocenters. The number of hydrogen-bond donors (Lipinski definition) is 1. The molecule has 90 valence electrons. The highest BCUT2D eigenvalue weighted by atomic mass is 32.2. The highest BCUT2D eigenvalue weighted by Crippen LogP contribution is 2.13. The van der Waals surface area contributed by atoms with E-state index in [0.717, 1.165) is 24.5 Å². The number of thioether (sulfide) groups is 1. The summed E-state index contributed by atoms with van der Waals surface area (Å²) in [5.74, 6) is 3.25. The maximum atomic E-state index is 5.63. The standard InChI is InChI=1S/C13H21NOS/c1-2-10-16-11-9-15-13-5-3-12(4-6-13)7-8-14/h3-6H,2,7-11,14H2,1H3. The van der Waals surface area contributed by atoms with Gasteiger partial charge in [0.1, 0.15) is 5.75 Å². The van der Waals surface area contributed by atoms with E-state index in [1.165, 1.54) is 17.7 Å². The van der Waals surface area contributed by atoms with Gasteiger partial charge in [-0.3, -0.25) is 0 Å². The van der Waals surface area contributed by atoms with Crippen LogP contribution in [0.15, 0.2) is 24.3 Å². The molecule has 0 aliphatic carbocycles. The molecule has 2 N–H and O–H groups in total. The molecular weight excluding hydrogens is 218 g/mol. The number of hydrogen-bond acceptors (Lipinski definition) is 3. The zero-order chi connectivity index (χ0) is 11.6. The Morgan fingerprint density at radius 2 is 1.94 bits per heavy atom. The van der Waals surface area contributed by atoms with Crippen molar-refractivity contribution in [3.63, 3.8) is 0 Å². The molecule has 1 rings (SSSR count). The molecule has 2 nitrogen and oxygen atoms in total. The summed E-state index contributed by atoms with van der Waals surface area (Å²) in [5, 5.41) is 0. The second-order valence-electron chi connectivity index (χ2n) is 3.64. The van der Waals surface area contributed by atoms with Crippen LogP contribution in [0.2, 0.25) is 0 Å². The van der Waals surface area contributed by atoms with Gasteiger partial charge in [-0.2, -0.15) is 11.8 Å². The van der Waals surface area contributed by atoms with Crippen LogP contribution in [0.25, 0.3) is 0 Å². The SMILES string of the molecule is CCCSCCOc1ccc(CCN)cc1. The summed E-state index contributed by atoms with van der Waals surface area (Å²) in [5.41, 5.74) is 6.76. The quantitative estimate of drug-likeness (QED) is 0.708. The summed E-state index contributed by atoms with van der Waals surface area (Å²) < 4.78 is 5.63. The van der Waals surface area contributed by atoms with Gasteiger partial charge >= 0.3 is 0 Å². The van der Waals surface area contributed by atoms with Crippen molar-refractivity contribution in [2.45, 2.75) is 19.8 Å². The molecule has 0 saturated carbocycles. The van der Waals surface area contributed by atoms with E-state index in [4.69, 9.17) is 10.5 Å². The Labute approximate surface area is 103 Å². The third-order valence-corrected chi connectivity index (χ3v) is 3.35. The van der Waals surface area contributed by atoms with Crippen LogP contribution in [0.4, 0.5) is 0 Å². The highest BCUT2D eigenvalue weighted by molar-refractivity contribution is 7.99. The van der Waals surface area contributed by atoms with Crippen LogP contribution in [-0.2, 0) is 6.42 Å². The van der Waals surface area contributed by atoms with Crippen LogP contribution in [0.5, 0.6) is 5.75 Å². The van der Waals surface area contributed by atoms with Gasteiger partial charge in [0.2, 0.25) is 0 Å². The molecule has 0 heterocycles. The smallest absolute Gasteiger partial charge is 0.119 e. The molecule has 0 unspecified atom stereocenters. The first-order valence-corrected chi connectivity index (χ1v) is 7.02. The Bertz CT molecular complexity index is 274. The summed E-state index contributed by atoms with van der Waals surface area (Å²) in [7, 11) is 0. The largest absolute Gasteiger partial charge is 0.493 e. The van der Waals surface area contributed by atoms with Crippen LogP contribution >= 0.6 is 11.8 Å². The van der Waals surface area contributed by atoms with Crippen LogP contribution in [0.1, 0.15) is 18.9 Å². The lowest BCUT2D eigenvalue weighted by molar-refractivity contribution is 0.344. The van der Waals surface area contributed by atoms with Crippen molar-refractivity contribution in [2.75, 3.05) is 24.7 Å². The number of ether oxygens (including phenoxy) is 1. The second kappa shape index (κ2) is 8.48. The van der Waals surface area contributed by atoms with E-state index in [1.807, 2.05) is 23.9 Å². The van der Waals surface area contributed by atoms with E-state index < -0.39 is 0 Å². The average molecular weight is 239 g/mol. The van der Waals surface area contributed by atoms with Gasteiger partial charge in [0, 0.05) is 5.75 Å². The molecule has 3 heteroatoms. The Morgan fingerprint density at radius 1 is 1.19 bits per heavy atom. The number of rotatable bonds is 8. The van der Waals surface area contributed by atoms with Crippen molar-refractivity contribution >= 4 is 11.8 Å². The molecule has 0 aromatic heterocycles. The van der Waals surface area contributed by atoms with Crippen LogP contribution in [0, 0.1) is 0 Å². The minimum Gasteiger partial charge on any atom is -0.493 e. The number of nitrogens with two attached hydrogens (primary N) is 1. The summed E-state index contributed by atoms with van der Waals surface area (Å²) in [6.07, 6.45) is 2.17. The zero-order valence-electron chi connectivity index (χ0n) is 9.95. The Kier molecular flexibility index (Phi) is 7.10. The summed E-state index contributed by atoms with van der Waals surface area (Å²) in [6.45, 7) is 3.69. The molecule has 1 aromatic rings. The van der Waals surface area contributed by atoms with E-state index in [1.54, 1.807) is 0 Å². The van der Waals surface area contributed by atoms with Gasteiger partial charge in [-0.1, -0.05) is 19.1 Å². The van der Waals surface area contributed by atoms with Crippen LogP contribution in [0.3, 0.4) is 0 Å². The minimum atomic E-state index is 0.702. The summed E-state index contributed by atoms with van der Waals surface area (Å²) in [6, 6.07) is 8.22. The fraction of sp³-hybridized carbons (Fsp3) is 0.538. The molecule has 0 radical (unpaired) electrons. The van der Waals surface area contributed by atoms with Gasteiger partial charge in [-0.05, 0) is 42.8 Å². The van der Waals surface area contributed by atoms with Gasteiger partial charge in [0.05, 0.1) is 6.61 Å². The predicted molar refractivity (Wildman–Crippen MR) is 72.3 cm³/mol. The highest BCUT2D eigenvalue weighted by Gasteiger charge is 1.95. The first-order valence-electron chi connectivity index (χ1n) is 5.86. The molecule has 0 aliphatic rings. The Hall–Kier alpha value is -0.670. The van der Waals surface area contributed by atoms with Crippen molar-refractivity contribution in [1.82, 2.24) is 0 Å². The first kappa shape index (κ1) is 13.4. The van der Waals surface area contributed by atoms with E-state index in [-0.39, 0.29) is 0 Å². The second-order valence-corrected chi connectivity index (χ2v) is 4.87. The summed E-state index contributed by atoms with van der Waals surface area (Å²) >= 11 is 1.94. The lowest BCUT2D eigenvalue weighted by Gasteiger charge is -2.06. The normalized spacial score (nSPS) is 10.4. The predicted octanol–water partition coefficient (Wildman–Crippen LogP) is 2.71. The van der Waals surface area contributed by atoms with Crippen molar-refractivity contribution in [2.24, 2.45) is 5.73 Å². The van der Waals surface area contributed by atoms with Gasteiger partial charge in [-0.15, -0.1) is 0 Å². The zero-order valence-corrected chi connectivity index (χ0v) is 10.8. The Morgan fingerprint density at radius 3 is 2.56 bits per heavy atom. The average Bonchev–Trinajstić information content (AvgIpc) is 2.31. The van der Waals surface area contributed by atoms with E-state index in [9.17, 15) is 0 Å². The van der Waals surface area contributed by atoms with E-state index >= 15 is 0 Å². The third kappa shape index (κ3) is 5.42. The monoisotopic (exact) mass is 239 g/mol. The van der Waals surface area contributed by atoms with E-state index in [2.05, 4.69) is 19.1 Å². The molecule has 0 amide bonds. The molecule has 0 saturated heterocycles. The third-order valence-electron chi connectivity index (χ3n) is 2.20. The maximum absolute atomic E-state index is 5.63. The molecule has 16 heavy (non-hydrogen) atoms. The van der Waals surface area contributed by atoms with Crippen LogP contribution in [-0.4, -0.2) is 24.7 Å². The van der Waals surface area contributed by atoms with E-state index in [0.29, 0.717) is 6.54 Å². The fourth-order valence-electron chi connectivity index (χ4n) is 1.38. The number of benzene rings is 1.